The molecule has 2 aromatic rings. The van der Waals surface area contributed by atoms with Crippen LogP contribution < -0.4 is 5.32 Å². The number of carbonyl (C=O) groups is 2. The number of hydrogen-bond acceptors (Lipinski definition) is 4. The van der Waals surface area contributed by atoms with E-state index in [0.717, 1.165) is 22.3 Å². The van der Waals surface area contributed by atoms with Gasteiger partial charge in [-0.2, -0.15) is 0 Å². The Morgan fingerprint density at radius 2 is 1.81 bits per heavy atom. The van der Waals surface area contributed by atoms with Gasteiger partial charge in [-0.05, 0) is 30.0 Å². The van der Waals surface area contributed by atoms with Crippen LogP contribution >= 0.6 is 0 Å². The van der Waals surface area contributed by atoms with E-state index < -0.39 is 18.1 Å². The van der Waals surface area contributed by atoms with Crippen molar-refractivity contribution in [2.45, 2.75) is 31.9 Å². The van der Waals surface area contributed by atoms with Gasteiger partial charge in [-0.3, -0.25) is 0 Å². The van der Waals surface area contributed by atoms with Crippen LogP contribution in [0.2, 0.25) is 0 Å². The van der Waals surface area contributed by atoms with Crippen LogP contribution in [0.3, 0.4) is 0 Å². The number of fused-ring (bicyclic) bond motifs is 1. The third kappa shape index (κ3) is 4.37. The van der Waals surface area contributed by atoms with Gasteiger partial charge in [0.05, 0.1) is 6.61 Å². The van der Waals surface area contributed by atoms with E-state index in [1.54, 1.807) is 6.92 Å². The van der Waals surface area contributed by atoms with Crippen LogP contribution in [0.1, 0.15) is 29.5 Å². The molecule has 1 N–H and O–H groups in total. The normalized spacial score (nSPS) is 16.3. The van der Waals surface area contributed by atoms with Crippen LogP contribution in [0.15, 0.2) is 66.7 Å². The zero-order valence-electron chi connectivity index (χ0n) is 15.3. The number of rotatable bonds is 6. The first kappa shape index (κ1) is 18.7. The Morgan fingerprint density at radius 1 is 1.11 bits per heavy atom. The molecular weight excluding hydrogens is 342 g/mol. The summed E-state index contributed by atoms with van der Waals surface area (Å²) in [4.78, 5) is 24.9. The van der Waals surface area contributed by atoms with E-state index in [1.807, 2.05) is 54.6 Å². The summed E-state index contributed by atoms with van der Waals surface area (Å²) in [7, 11) is 0. The fourth-order valence-corrected chi connectivity index (χ4v) is 3.39. The van der Waals surface area contributed by atoms with Crippen molar-refractivity contribution < 1.29 is 19.1 Å². The number of ether oxygens (including phenoxy) is 2. The lowest BCUT2D eigenvalue weighted by Gasteiger charge is -2.24. The smallest absolute Gasteiger partial charge is 0.408 e. The maximum Gasteiger partial charge on any atom is 0.408 e. The quantitative estimate of drug-likeness (QED) is 0.626. The average molecular weight is 365 g/mol. The van der Waals surface area contributed by atoms with Gasteiger partial charge < -0.3 is 14.8 Å². The first-order chi connectivity index (χ1) is 13.1. The summed E-state index contributed by atoms with van der Waals surface area (Å²) < 4.78 is 10.5. The summed E-state index contributed by atoms with van der Waals surface area (Å²) in [6.45, 7) is 6.21. The second-order valence-electron chi connectivity index (χ2n) is 6.45. The molecule has 0 aliphatic heterocycles. The first-order valence-electron chi connectivity index (χ1n) is 8.99. The fourth-order valence-electron chi connectivity index (χ4n) is 3.39. The molecule has 0 saturated heterocycles. The number of nitrogens with one attached hydrogen (secondary N) is 1. The molecule has 0 spiro atoms. The highest BCUT2D eigenvalue weighted by molar-refractivity contribution is 5.83. The van der Waals surface area contributed by atoms with Crippen LogP contribution in [0.5, 0.6) is 0 Å². The molecule has 1 amide bonds. The lowest BCUT2D eigenvalue weighted by molar-refractivity contribution is -0.145. The van der Waals surface area contributed by atoms with Crippen molar-refractivity contribution in [1.82, 2.24) is 5.32 Å². The van der Waals surface area contributed by atoms with Gasteiger partial charge in [0.15, 0.2) is 0 Å². The zero-order chi connectivity index (χ0) is 19.2. The number of benzene rings is 2. The predicted octanol–water partition coefficient (Wildman–Crippen LogP) is 3.74. The van der Waals surface area contributed by atoms with E-state index in [9.17, 15) is 9.59 Å². The molecule has 1 aliphatic rings. The number of esters is 1. The summed E-state index contributed by atoms with van der Waals surface area (Å²) in [6, 6.07) is 16.3. The third-order valence-electron chi connectivity index (χ3n) is 4.61. The fraction of sp³-hybridized carbons (Fsp3) is 0.273. The molecule has 5 nitrogen and oxygen atoms in total. The molecule has 0 radical (unpaired) electrons. The van der Waals surface area contributed by atoms with Crippen molar-refractivity contribution in [3.63, 3.8) is 0 Å². The lowest BCUT2D eigenvalue weighted by Crippen LogP contribution is -2.46. The van der Waals surface area contributed by atoms with Crippen molar-refractivity contribution in [3.05, 3.63) is 83.4 Å². The molecule has 5 heteroatoms. The van der Waals surface area contributed by atoms with Crippen molar-refractivity contribution in [1.29, 1.82) is 0 Å². The highest BCUT2D eigenvalue weighted by Crippen LogP contribution is 2.39. The molecular formula is C22H23NO4. The molecule has 0 saturated carbocycles. The maximum absolute atomic E-state index is 12.6. The second kappa shape index (κ2) is 8.54. The van der Waals surface area contributed by atoms with E-state index in [4.69, 9.17) is 9.47 Å². The SMILES string of the molecule is C=C1Cc2ccccc2C1C(NC(=O)OCc1ccccc1)C(=O)OCC. The number of amides is 1. The Morgan fingerprint density at radius 3 is 2.56 bits per heavy atom. The van der Waals surface area contributed by atoms with Crippen LogP contribution in [-0.2, 0) is 27.3 Å². The molecule has 0 heterocycles. The van der Waals surface area contributed by atoms with Crippen molar-refractivity contribution in [2.24, 2.45) is 0 Å². The molecule has 2 aromatic carbocycles. The second-order valence-corrected chi connectivity index (χ2v) is 6.45. The molecule has 27 heavy (non-hydrogen) atoms. The monoisotopic (exact) mass is 365 g/mol. The summed E-state index contributed by atoms with van der Waals surface area (Å²) >= 11 is 0. The van der Waals surface area contributed by atoms with Gasteiger partial charge in [0.2, 0.25) is 0 Å². The van der Waals surface area contributed by atoms with Crippen LogP contribution in [0, 0.1) is 0 Å². The molecule has 140 valence electrons. The largest absolute Gasteiger partial charge is 0.464 e. The number of carbonyl (C=O) groups excluding carboxylic acids is 2. The molecule has 3 rings (SSSR count). The Hall–Kier alpha value is -3.08. The summed E-state index contributed by atoms with van der Waals surface area (Å²) in [5.41, 5.74) is 3.85. The summed E-state index contributed by atoms with van der Waals surface area (Å²) in [5.74, 6) is -0.818. The maximum atomic E-state index is 12.6. The Kier molecular flexibility index (Phi) is 5.91. The average Bonchev–Trinajstić information content (AvgIpc) is 3.01. The van der Waals surface area contributed by atoms with E-state index in [0.29, 0.717) is 6.42 Å². The van der Waals surface area contributed by atoms with Gasteiger partial charge in [0.25, 0.3) is 0 Å². The minimum absolute atomic E-state index is 0.129. The van der Waals surface area contributed by atoms with Crippen molar-refractivity contribution >= 4 is 12.1 Å². The standard InChI is InChI=1S/C22H23NO4/c1-3-26-21(24)20(19-15(2)13-17-11-7-8-12-18(17)19)23-22(25)27-14-16-9-5-4-6-10-16/h4-12,19-20H,2-3,13-14H2,1H3,(H,23,25). The van der Waals surface area contributed by atoms with Gasteiger partial charge in [-0.25, -0.2) is 9.59 Å². The zero-order valence-corrected chi connectivity index (χ0v) is 15.3. The Balaban J connectivity index is 1.75. The molecule has 0 bridgehead atoms. The minimum Gasteiger partial charge on any atom is -0.464 e. The Labute approximate surface area is 159 Å². The van der Waals surface area contributed by atoms with Gasteiger partial charge in [0, 0.05) is 5.92 Å². The first-order valence-corrected chi connectivity index (χ1v) is 8.99. The number of alkyl carbamates (subject to hydrolysis) is 1. The molecule has 1 aliphatic carbocycles. The van der Waals surface area contributed by atoms with E-state index in [1.165, 1.54) is 0 Å². The highest BCUT2D eigenvalue weighted by atomic mass is 16.6. The minimum atomic E-state index is -0.871. The summed E-state index contributed by atoms with van der Waals surface area (Å²) in [5, 5.41) is 2.69. The molecule has 2 unspecified atom stereocenters. The van der Waals surface area contributed by atoms with Crippen LogP contribution in [0.25, 0.3) is 0 Å². The molecule has 2 atom stereocenters. The summed E-state index contributed by atoms with van der Waals surface area (Å²) in [6.07, 6.45) is 0.0198. The van der Waals surface area contributed by atoms with Crippen molar-refractivity contribution in [2.75, 3.05) is 6.61 Å². The topological polar surface area (TPSA) is 64.6 Å². The van der Waals surface area contributed by atoms with E-state index in [-0.39, 0.29) is 19.1 Å². The van der Waals surface area contributed by atoms with Crippen LogP contribution in [0.4, 0.5) is 4.79 Å². The van der Waals surface area contributed by atoms with E-state index in [2.05, 4.69) is 11.9 Å². The van der Waals surface area contributed by atoms with Crippen molar-refractivity contribution in [3.8, 4) is 0 Å². The van der Waals surface area contributed by atoms with E-state index >= 15 is 0 Å². The highest BCUT2D eigenvalue weighted by Gasteiger charge is 2.38. The van der Waals surface area contributed by atoms with Crippen LogP contribution in [-0.4, -0.2) is 24.7 Å². The lowest BCUT2D eigenvalue weighted by atomic mass is 9.90. The molecule has 0 aromatic heterocycles. The van der Waals surface area contributed by atoms with Gasteiger partial charge in [-0.15, -0.1) is 0 Å². The van der Waals surface area contributed by atoms with Gasteiger partial charge >= 0.3 is 12.1 Å². The predicted molar refractivity (Wildman–Crippen MR) is 102 cm³/mol. The third-order valence-corrected chi connectivity index (χ3v) is 4.61. The van der Waals surface area contributed by atoms with Gasteiger partial charge in [0.1, 0.15) is 12.6 Å². The van der Waals surface area contributed by atoms with Gasteiger partial charge in [-0.1, -0.05) is 66.7 Å². The number of hydrogen-bond donors (Lipinski definition) is 1. The molecule has 0 fully saturated rings. The Bertz CT molecular complexity index is 831.